The summed E-state index contributed by atoms with van der Waals surface area (Å²) in [4.78, 5) is 27.0. The molecule has 0 bridgehead atoms. The molecule has 0 saturated carbocycles. The quantitative estimate of drug-likeness (QED) is 0.321. The van der Waals surface area contributed by atoms with Crippen molar-refractivity contribution in [3.8, 4) is 11.5 Å². The van der Waals surface area contributed by atoms with E-state index in [9.17, 15) is 9.59 Å². The third-order valence-electron chi connectivity index (χ3n) is 4.93. The molecule has 1 fully saturated rings. The molecule has 1 N–H and O–H groups in total. The lowest BCUT2D eigenvalue weighted by Gasteiger charge is -2.28. The average molecular weight is 459 g/mol. The van der Waals surface area contributed by atoms with Crippen molar-refractivity contribution in [2.75, 3.05) is 11.5 Å². The number of carbonyl (C=O) groups excluding carboxylic acids is 2. The molecule has 1 aliphatic rings. The molecule has 1 saturated heterocycles. The Morgan fingerprint density at radius 2 is 1.61 bits per heavy atom. The van der Waals surface area contributed by atoms with Crippen LogP contribution in [0, 0.1) is 0 Å². The number of ether oxygens (including phenoxy) is 2. The fourth-order valence-electron chi connectivity index (χ4n) is 3.37. The molecule has 0 radical (unpaired) electrons. The Labute approximate surface area is 197 Å². The summed E-state index contributed by atoms with van der Waals surface area (Å²) in [7, 11) is 0. The van der Waals surface area contributed by atoms with Gasteiger partial charge in [0.2, 0.25) is 0 Å². The van der Waals surface area contributed by atoms with Crippen LogP contribution < -0.4 is 19.7 Å². The van der Waals surface area contributed by atoms with E-state index in [0.29, 0.717) is 36.0 Å². The standard InChI is InChI=1S/C26H22N2O4S/c1-2-31-23-16-19(13-14-22(23)32-17-18-9-5-3-6-10-18)15-21-24(29)27-26(33)28(25(21)30)20-11-7-4-8-12-20/h3-16H,2,17H2,1H3,(H,27,29,33)/b21-15+. The number of thiocarbonyl (C=S) groups is 1. The van der Waals surface area contributed by atoms with E-state index in [0.717, 1.165) is 5.56 Å². The van der Waals surface area contributed by atoms with E-state index in [1.807, 2.05) is 43.3 Å². The number of amides is 2. The molecule has 2 amide bonds. The summed E-state index contributed by atoms with van der Waals surface area (Å²) in [6.45, 7) is 2.71. The zero-order chi connectivity index (χ0) is 23.2. The summed E-state index contributed by atoms with van der Waals surface area (Å²) < 4.78 is 11.7. The molecule has 4 rings (SSSR count). The Balaban J connectivity index is 1.61. The number of hydrogen-bond donors (Lipinski definition) is 1. The molecule has 0 aromatic heterocycles. The SMILES string of the molecule is CCOc1cc(/C=C2\C(=O)NC(=S)N(c3ccccc3)C2=O)ccc1OCc1ccccc1. The number of hydrogen-bond acceptors (Lipinski definition) is 5. The lowest BCUT2D eigenvalue weighted by Crippen LogP contribution is -2.54. The first-order valence-electron chi connectivity index (χ1n) is 10.5. The Morgan fingerprint density at radius 3 is 2.30 bits per heavy atom. The number of nitrogens with zero attached hydrogens (tertiary/aromatic N) is 1. The van der Waals surface area contributed by atoms with Crippen LogP contribution in [0.5, 0.6) is 11.5 Å². The molecular formula is C26H22N2O4S. The molecule has 0 spiro atoms. The van der Waals surface area contributed by atoms with Gasteiger partial charge < -0.3 is 9.47 Å². The molecule has 3 aromatic rings. The van der Waals surface area contributed by atoms with Crippen molar-refractivity contribution in [3.05, 3.63) is 95.6 Å². The highest BCUT2D eigenvalue weighted by Crippen LogP contribution is 2.31. The van der Waals surface area contributed by atoms with Gasteiger partial charge >= 0.3 is 0 Å². The van der Waals surface area contributed by atoms with Crippen molar-refractivity contribution in [3.63, 3.8) is 0 Å². The average Bonchev–Trinajstić information content (AvgIpc) is 2.83. The Kier molecular flexibility index (Phi) is 6.80. The highest BCUT2D eigenvalue weighted by atomic mass is 32.1. The summed E-state index contributed by atoms with van der Waals surface area (Å²) in [5, 5.41) is 2.64. The Morgan fingerprint density at radius 1 is 0.909 bits per heavy atom. The highest BCUT2D eigenvalue weighted by molar-refractivity contribution is 7.80. The summed E-state index contributed by atoms with van der Waals surface area (Å²) in [5.41, 5.74) is 2.23. The molecule has 0 unspecified atom stereocenters. The Hall–Kier alpha value is -3.97. The smallest absolute Gasteiger partial charge is 0.270 e. The monoisotopic (exact) mass is 458 g/mol. The minimum Gasteiger partial charge on any atom is -0.490 e. The van der Waals surface area contributed by atoms with Crippen molar-refractivity contribution in [2.24, 2.45) is 0 Å². The van der Waals surface area contributed by atoms with Gasteiger partial charge in [-0.2, -0.15) is 0 Å². The summed E-state index contributed by atoms with van der Waals surface area (Å²) in [6.07, 6.45) is 1.53. The van der Waals surface area contributed by atoms with Crippen molar-refractivity contribution < 1.29 is 19.1 Å². The third-order valence-corrected chi connectivity index (χ3v) is 5.22. The normalized spacial score (nSPS) is 14.9. The van der Waals surface area contributed by atoms with Crippen LogP contribution in [-0.2, 0) is 16.2 Å². The largest absolute Gasteiger partial charge is 0.490 e. The number of nitrogens with one attached hydrogen (secondary N) is 1. The molecule has 33 heavy (non-hydrogen) atoms. The van der Waals surface area contributed by atoms with E-state index in [2.05, 4.69) is 5.32 Å². The second-order valence-corrected chi connectivity index (χ2v) is 7.59. The van der Waals surface area contributed by atoms with Gasteiger partial charge in [-0.25, -0.2) is 0 Å². The number of benzene rings is 3. The van der Waals surface area contributed by atoms with E-state index in [-0.39, 0.29) is 10.7 Å². The van der Waals surface area contributed by atoms with Gasteiger partial charge in [0, 0.05) is 0 Å². The van der Waals surface area contributed by atoms with Crippen LogP contribution in [0.4, 0.5) is 5.69 Å². The molecule has 166 valence electrons. The zero-order valence-electron chi connectivity index (χ0n) is 18.0. The predicted molar refractivity (Wildman–Crippen MR) is 131 cm³/mol. The molecule has 0 aliphatic carbocycles. The predicted octanol–water partition coefficient (Wildman–Crippen LogP) is 4.50. The van der Waals surface area contributed by atoms with E-state index >= 15 is 0 Å². The first-order valence-corrected chi connectivity index (χ1v) is 10.9. The van der Waals surface area contributed by atoms with Crippen molar-refractivity contribution in [1.29, 1.82) is 0 Å². The lowest BCUT2D eigenvalue weighted by molar-refractivity contribution is -0.122. The maximum atomic E-state index is 13.1. The van der Waals surface area contributed by atoms with Gasteiger partial charge in [0.1, 0.15) is 12.2 Å². The lowest BCUT2D eigenvalue weighted by atomic mass is 10.1. The van der Waals surface area contributed by atoms with Crippen molar-refractivity contribution in [2.45, 2.75) is 13.5 Å². The van der Waals surface area contributed by atoms with Gasteiger partial charge in [-0.05, 0) is 60.6 Å². The third kappa shape index (κ3) is 5.10. The fraction of sp³-hybridized carbons (Fsp3) is 0.115. The maximum absolute atomic E-state index is 13.1. The molecule has 6 nitrogen and oxygen atoms in total. The van der Waals surface area contributed by atoms with E-state index < -0.39 is 11.8 Å². The van der Waals surface area contributed by atoms with Crippen LogP contribution in [-0.4, -0.2) is 23.5 Å². The van der Waals surface area contributed by atoms with E-state index in [1.54, 1.807) is 42.5 Å². The van der Waals surface area contributed by atoms with Crippen LogP contribution in [0.25, 0.3) is 6.08 Å². The van der Waals surface area contributed by atoms with Gasteiger partial charge in [-0.3, -0.25) is 19.8 Å². The summed E-state index contributed by atoms with van der Waals surface area (Å²) in [6, 6.07) is 24.1. The summed E-state index contributed by atoms with van der Waals surface area (Å²) in [5.74, 6) is 0.0770. The molecular weight excluding hydrogens is 436 g/mol. The zero-order valence-corrected chi connectivity index (χ0v) is 18.8. The molecule has 0 atom stereocenters. The van der Waals surface area contributed by atoms with Gasteiger partial charge in [0.25, 0.3) is 11.8 Å². The second kappa shape index (κ2) is 10.1. The molecule has 1 heterocycles. The minimum absolute atomic E-state index is 0.0205. The van der Waals surface area contributed by atoms with Gasteiger partial charge in [0.05, 0.1) is 12.3 Å². The van der Waals surface area contributed by atoms with Crippen LogP contribution in [0.2, 0.25) is 0 Å². The van der Waals surface area contributed by atoms with E-state index in [1.165, 1.54) is 11.0 Å². The topological polar surface area (TPSA) is 67.9 Å². The van der Waals surface area contributed by atoms with Crippen LogP contribution in [0.1, 0.15) is 18.1 Å². The number of para-hydroxylation sites is 1. The van der Waals surface area contributed by atoms with Crippen LogP contribution in [0.15, 0.2) is 84.4 Å². The fourth-order valence-corrected chi connectivity index (χ4v) is 3.65. The first kappa shape index (κ1) is 22.2. The Bertz CT molecular complexity index is 1210. The molecule has 7 heteroatoms. The maximum Gasteiger partial charge on any atom is 0.270 e. The number of anilines is 1. The number of rotatable bonds is 7. The van der Waals surface area contributed by atoms with Crippen LogP contribution >= 0.6 is 12.2 Å². The van der Waals surface area contributed by atoms with Crippen LogP contribution in [0.3, 0.4) is 0 Å². The van der Waals surface area contributed by atoms with Crippen molar-refractivity contribution >= 4 is 40.9 Å². The van der Waals surface area contributed by atoms with Gasteiger partial charge in [-0.1, -0.05) is 54.6 Å². The molecule has 1 aliphatic heterocycles. The summed E-state index contributed by atoms with van der Waals surface area (Å²) >= 11 is 5.23. The van der Waals surface area contributed by atoms with E-state index in [4.69, 9.17) is 21.7 Å². The second-order valence-electron chi connectivity index (χ2n) is 7.21. The first-order chi connectivity index (χ1) is 16.1. The van der Waals surface area contributed by atoms with Gasteiger partial charge in [-0.15, -0.1) is 0 Å². The van der Waals surface area contributed by atoms with Gasteiger partial charge in [0.15, 0.2) is 16.6 Å². The molecule has 3 aromatic carbocycles. The minimum atomic E-state index is -0.542. The number of carbonyl (C=O) groups is 2. The highest BCUT2D eigenvalue weighted by Gasteiger charge is 2.34. The van der Waals surface area contributed by atoms with Crippen molar-refractivity contribution in [1.82, 2.24) is 5.32 Å².